The van der Waals surface area contributed by atoms with Gasteiger partial charge in [0.15, 0.2) is 11.6 Å². The summed E-state index contributed by atoms with van der Waals surface area (Å²) in [6.07, 6.45) is 6.17. The van der Waals surface area contributed by atoms with Crippen molar-refractivity contribution in [3.05, 3.63) is 188 Å². The van der Waals surface area contributed by atoms with Gasteiger partial charge in [-0.15, -0.1) is 11.3 Å². The highest BCUT2D eigenvalue weighted by molar-refractivity contribution is 7.26. The van der Waals surface area contributed by atoms with Gasteiger partial charge in [0.05, 0.1) is 22.2 Å². The number of para-hydroxylation sites is 2. The van der Waals surface area contributed by atoms with E-state index in [1.807, 2.05) is 31.2 Å². The van der Waals surface area contributed by atoms with E-state index in [1.54, 1.807) is 11.3 Å². The number of rotatable bonds is 7. The molecule has 0 aliphatic heterocycles. The van der Waals surface area contributed by atoms with Crippen molar-refractivity contribution in [2.24, 2.45) is 0 Å². The largest absolute Gasteiger partial charge is 0.307 e. The fourth-order valence-electron chi connectivity index (χ4n) is 8.54. The predicted octanol–water partition coefficient (Wildman–Crippen LogP) is 14.0. The third kappa shape index (κ3) is 5.26. The van der Waals surface area contributed by atoms with E-state index in [0.717, 1.165) is 60.1 Å². The Labute approximate surface area is 339 Å². The molecule has 0 amide bonds. The summed E-state index contributed by atoms with van der Waals surface area (Å²) >= 11 is 1.79. The minimum absolute atomic E-state index is 0.539. The topological polar surface area (TPSA) is 48.5 Å². The van der Waals surface area contributed by atoms with Crippen LogP contribution < -0.4 is 0 Å². The molecule has 11 aromatic rings. The van der Waals surface area contributed by atoms with Gasteiger partial charge in [0.1, 0.15) is 0 Å². The number of nitrogens with zero attached hydrogens (tertiary/aromatic N) is 5. The molecule has 4 aromatic heterocycles. The minimum Gasteiger partial charge on any atom is -0.307 e. The van der Waals surface area contributed by atoms with E-state index >= 15 is 0 Å². The standard InChI is InChI=1S/C52H35N5S/c1-3-17-44-37(4-2)40-30-31-41-38-24-14-15-27-45(38)56(36-22-12-7-13-23-36)47(41)48(40)57(44)52-54-50(34-20-10-6-11-21-34)53-51(55-52)43-26-16-25-42-39-29-28-35(32-46(39)58-49(42)43)33-18-8-5-9-19-33/h3-32H,2H2,1H3/b17-3-. The number of aromatic nitrogens is 5. The van der Waals surface area contributed by atoms with Crippen molar-refractivity contribution >= 4 is 76.4 Å². The molecular formula is C52H35N5S. The first-order valence-electron chi connectivity index (χ1n) is 19.4. The van der Waals surface area contributed by atoms with Gasteiger partial charge >= 0.3 is 0 Å². The van der Waals surface area contributed by atoms with Crippen molar-refractivity contribution in [2.75, 3.05) is 0 Å². The average Bonchev–Trinajstić information content (AvgIpc) is 3.94. The summed E-state index contributed by atoms with van der Waals surface area (Å²) in [5.41, 5.74) is 10.5. The first-order valence-corrected chi connectivity index (χ1v) is 20.3. The zero-order chi connectivity index (χ0) is 38.7. The fourth-order valence-corrected chi connectivity index (χ4v) is 9.79. The summed E-state index contributed by atoms with van der Waals surface area (Å²) in [6.45, 7) is 6.39. The number of thiophene rings is 1. The molecule has 4 heterocycles. The van der Waals surface area contributed by atoms with E-state index in [1.165, 1.54) is 32.0 Å². The summed E-state index contributed by atoms with van der Waals surface area (Å²) in [4.78, 5) is 16.1. The van der Waals surface area contributed by atoms with Crippen molar-refractivity contribution in [1.29, 1.82) is 0 Å². The van der Waals surface area contributed by atoms with Crippen molar-refractivity contribution in [3.8, 4) is 45.5 Å². The van der Waals surface area contributed by atoms with Crippen LogP contribution in [-0.2, 0) is 0 Å². The van der Waals surface area contributed by atoms with Crippen LogP contribution in [0.3, 0.4) is 0 Å². The number of allylic oxidation sites excluding steroid dienone is 1. The highest BCUT2D eigenvalue weighted by Gasteiger charge is 2.25. The van der Waals surface area contributed by atoms with Gasteiger partial charge in [0.25, 0.3) is 0 Å². The monoisotopic (exact) mass is 761 g/mol. The molecule has 0 saturated heterocycles. The zero-order valence-corrected chi connectivity index (χ0v) is 32.5. The maximum absolute atomic E-state index is 5.46. The van der Waals surface area contributed by atoms with Gasteiger partial charge in [-0.3, -0.25) is 4.57 Å². The van der Waals surface area contributed by atoms with E-state index in [0.29, 0.717) is 17.6 Å². The molecule has 274 valence electrons. The van der Waals surface area contributed by atoms with Crippen LogP contribution in [0.25, 0.3) is 111 Å². The molecule has 0 atom stereocenters. The molecule has 0 fully saturated rings. The summed E-state index contributed by atoms with van der Waals surface area (Å²) < 4.78 is 6.96. The third-order valence-electron chi connectivity index (χ3n) is 11.1. The Balaban J connectivity index is 1.24. The van der Waals surface area contributed by atoms with Crippen molar-refractivity contribution < 1.29 is 0 Å². The normalized spacial score (nSPS) is 11.9. The average molecular weight is 762 g/mol. The maximum atomic E-state index is 5.46. The van der Waals surface area contributed by atoms with Crippen molar-refractivity contribution in [2.45, 2.75) is 6.92 Å². The van der Waals surface area contributed by atoms with Gasteiger partial charge in [0, 0.05) is 58.7 Å². The van der Waals surface area contributed by atoms with Gasteiger partial charge in [0.2, 0.25) is 5.95 Å². The van der Waals surface area contributed by atoms with Gasteiger partial charge < -0.3 is 4.57 Å². The molecule has 0 radical (unpaired) electrons. The molecule has 7 aromatic carbocycles. The van der Waals surface area contributed by atoms with Crippen LogP contribution >= 0.6 is 11.3 Å². The van der Waals surface area contributed by atoms with Gasteiger partial charge in [-0.1, -0.05) is 152 Å². The molecule has 5 nitrogen and oxygen atoms in total. The highest BCUT2D eigenvalue weighted by Crippen LogP contribution is 2.43. The lowest BCUT2D eigenvalue weighted by Crippen LogP contribution is -2.08. The maximum Gasteiger partial charge on any atom is 0.238 e. The van der Waals surface area contributed by atoms with E-state index in [4.69, 9.17) is 15.0 Å². The van der Waals surface area contributed by atoms with Crippen molar-refractivity contribution in [1.82, 2.24) is 24.1 Å². The molecule has 0 unspecified atom stereocenters. The van der Waals surface area contributed by atoms with Gasteiger partial charge in [-0.25, -0.2) is 4.98 Å². The smallest absolute Gasteiger partial charge is 0.238 e. The quantitative estimate of drug-likeness (QED) is 0.162. The van der Waals surface area contributed by atoms with Crippen LogP contribution in [0, 0.1) is 0 Å². The molecule has 0 aliphatic rings. The third-order valence-corrected chi connectivity index (χ3v) is 12.3. The second-order valence-corrected chi connectivity index (χ2v) is 15.4. The molecule has 6 heteroatoms. The first-order chi connectivity index (χ1) is 28.7. The summed E-state index contributed by atoms with van der Waals surface area (Å²) in [6, 6.07) is 57.7. The van der Waals surface area contributed by atoms with Crippen LogP contribution in [0.4, 0.5) is 0 Å². The SMILES string of the molecule is C=Cc1c(/C=C\C)n(-c2nc(-c3ccccc3)nc(-c3cccc4c3sc3cc(-c5ccccc5)ccc34)n2)c2c1ccc1c3ccccc3n(-c3ccccc3)c12. The summed E-state index contributed by atoms with van der Waals surface area (Å²) in [5, 5.41) is 5.80. The lowest BCUT2D eigenvalue weighted by atomic mass is 10.0. The highest BCUT2D eigenvalue weighted by atomic mass is 32.1. The Morgan fingerprint density at radius 2 is 1.19 bits per heavy atom. The predicted molar refractivity (Wildman–Crippen MR) is 245 cm³/mol. The Kier molecular flexibility index (Phi) is 7.98. The molecule has 0 bridgehead atoms. The van der Waals surface area contributed by atoms with Gasteiger partial charge in [-0.2, -0.15) is 9.97 Å². The summed E-state index contributed by atoms with van der Waals surface area (Å²) in [7, 11) is 0. The molecular weight excluding hydrogens is 727 g/mol. The first kappa shape index (κ1) is 33.9. The molecule has 0 N–H and O–H groups in total. The van der Waals surface area contributed by atoms with Crippen LogP contribution in [0.2, 0.25) is 0 Å². The molecule has 0 aliphatic carbocycles. The molecule has 58 heavy (non-hydrogen) atoms. The minimum atomic E-state index is 0.539. The fraction of sp³-hybridized carbons (Fsp3) is 0.0192. The Hall–Kier alpha value is -7.41. The van der Waals surface area contributed by atoms with Crippen molar-refractivity contribution in [3.63, 3.8) is 0 Å². The second kappa shape index (κ2) is 13.7. The van der Waals surface area contributed by atoms with Crippen LogP contribution in [0.1, 0.15) is 18.2 Å². The van der Waals surface area contributed by atoms with E-state index in [-0.39, 0.29) is 0 Å². The van der Waals surface area contributed by atoms with Crippen LogP contribution in [-0.4, -0.2) is 24.1 Å². The van der Waals surface area contributed by atoms with E-state index < -0.39 is 0 Å². The van der Waals surface area contributed by atoms with Gasteiger partial charge in [-0.05, 0) is 54.5 Å². The van der Waals surface area contributed by atoms with E-state index in [2.05, 4.69) is 173 Å². The summed E-state index contributed by atoms with van der Waals surface area (Å²) in [5.74, 6) is 1.76. The molecule has 11 rings (SSSR count). The molecule has 0 spiro atoms. The lowest BCUT2D eigenvalue weighted by Gasteiger charge is -2.14. The Morgan fingerprint density at radius 1 is 0.534 bits per heavy atom. The van der Waals surface area contributed by atoms with Crippen LogP contribution in [0.15, 0.2) is 176 Å². The number of hydrogen-bond acceptors (Lipinski definition) is 4. The van der Waals surface area contributed by atoms with Crippen LogP contribution in [0.5, 0.6) is 0 Å². The number of benzene rings is 7. The Morgan fingerprint density at radius 3 is 1.97 bits per heavy atom. The number of fused-ring (bicyclic) bond motifs is 8. The lowest BCUT2D eigenvalue weighted by molar-refractivity contribution is 0.926. The number of hydrogen-bond donors (Lipinski definition) is 0. The second-order valence-electron chi connectivity index (χ2n) is 14.4. The van der Waals surface area contributed by atoms with E-state index in [9.17, 15) is 0 Å². The zero-order valence-electron chi connectivity index (χ0n) is 31.7. The molecule has 0 saturated carbocycles. The Bertz CT molecular complexity index is 3410.